The maximum atomic E-state index is 13.6. The first kappa shape index (κ1) is 13.9. The van der Waals surface area contributed by atoms with E-state index in [9.17, 15) is 13.6 Å². The van der Waals surface area contributed by atoms with Gasteiger partial charge in [-0.25, -0.2) is 8.78 Å². The van der Waals surface area contributed by atoms with Crippen LogP contribution in [0.2, 0.25) is 0 Å². The lowest BCUT2D eigenvalue weighted by Crippen LogP contribution is -2.38. The van der Waals surface area contributed by atoms with Gasteiger partial charge in [0.1, 0.15) is 0 Å². The van der Waals surface area contributed by atoms with Crippen LogP contribution in [0.5, 0.6) is 0 Å². The van der Waals surface area contributed by atoms with Gasteiger partial charge in [0.2, 0.25) is 5.91 Å². The van der Waals surface area contributed by atoms with E-state index in [0.717, 1.165) is 6.07 Å². The van der Waals surface area contributed by atoms with Crippen molar-refractivity contribution in [3.05, 3.63) is 35.4 Å². The maximum Gasteiger partial charge on any atom is 0.223 e. The van der Waals surface area contributed by atoms with Crippen LogP contribution in [0, 0.1) is 17.6 Å². The Kier molecular flexibility index (Phi) is 4.14. The molecule has 3 atom stereocenters. The van der Waals surface area contributed by atoms with Crippen LogP contribution in [-0.4, -0.2) is 25.5 Å². The zero-order valence-corrected chi connectivity index (χ0v) is 11.0. The van der Waals surface area contributed by atoms with Crippen molar-refractivity contribution >= 4 is 5.91 Å². The molecule has 2 N–H and O–H groups in total. The number of hydrogen-bond donors (Lipinski definition) is 2. The summed E-state index contributed by atoms with van der Waals surface area (Å²) in [5.74, 6) is -2.20. The molecule has 2 rings (SSSR count). The molecule has 1 fully saturated rings. The first-order chi connectivity index (χ1) is 9.04. The molecule has 3 unspecified atom stereocenters. The zero-order valence-electron chi connectivity index (χ0n) is 11.0. The molecule has 0 spiro atoms. The molecule has 1 aromatic rings. The van der Waals surface area contributed by atoms with Crippen molar-refractivity contribution < 1.29 is 13.6 Å². The molecule has 3 nitrogen and oxygen atoms in total. The van der Waals surface area contributed by atoms with Crippen molar-refractivity contribution in [2.45, 2.75) is 25.3 Å². The monoisotopic (exact) mass is 268 g/mol. The molecule has 1 aliphatic carbocycles. The number of amides is 1. The Morgan fingerprint density at radius 3 is 2.89 bits per heavy atom. The van der Waals surface area contributed by atoms with Crippen LogP contribution in [0.4, 0.5) is 8.78 Å². The van der Waals surface area contributed by atoms with E-state index in [4.69, 9.17) is 0 Å². The average Bonchev–Trinajstić information content (AvgIpc) is 3.19. The molecule has 0 radical (unpaired) electrons. The molecular formula is C14H18F2N2O. The highest BCUT2D eigenvalue weighted by atomic mass is 19.2. The first-order valence-electron chi connectivity index (χ1n) is 6.43. The van der Waals surface area contributed by atoms with Gasteiger partial charge >= 0.3 is 0 Å². The molecule has 1 aliphatic rings. The normalized spacial score (nSPS) is 22.9. The molecule has 1 amide bonds. The number of rotatable bonds is 5. The first-order valence-corrected chi connectivity index (χ1v) is 6.43. The van der Waals surface area contributed by atoms with Gasteiger partial charge in [-0.3, -0.25) is 4.79 Å². The number of hydrogen-bond acceptors (Lipinski definition) is 2. The van der Waals surface area contributed by atoms with E-state index in [2.05, 4.69) is 10.6 Å². The van der Waals surface area contributed by atoms with Gasteiger partial charge in [-0.1, -0.05) is 12.1 Å². The summed E-state index contributed by atoms with van der Waals surface area (Å²) in [7, 11) is 1.82. The van der Waals surface area contributed by atoms with E-state index in [-0.39, 0.29) is 23.8 Å². The SMILES string of the molecule is CNC(C)CNC(=O)C1CC1c1cccc(F)c1F. The van der Waals surface area contributed by atoms with Crippen LogP contribution in [0.25, 0.3) is 0 Å². The summed E-state index contributed by atoms with van der Waals surface area (Å²) in [5, 5.41) is 5.83. The molecule has 1 aromatic carbocycles. The number of likely N-dealkylation sites (N-methyl/N-ethyl adjacent to an activating group) is 1. The van der Waals surface area contributed by atoms with E-state index >= 15 is 0 Å². The molecule has 0 aliphatic heterocycles. The molecule has 0 aromatic heterocycles. The minimum Gasteiger partial charge on any atom is -0.354 e. The second kappa shape index (κ2) is 5.65. The summed E-state index contributed by atoms with van der Waals surface area (Å²) >= 11 is 0. The van der Waals surface area contributed by atoms with Crippen LogP contribution >= 0.6 is 0 Å². The van der Waals surface area contributed by atoms with Crippen molar-refractivity contribution in [3.63, 3.8) is 0 Å². The van der Waals surface area contributed by atoms with Crippen LogP contribution in [0.15, 0.2) is 18.2 Å². The van der Waals surface area contributed by atoms with E-state index in [1.165, 1.54) is 6.07 Å². The Morgan fingerprint density at radius 2 is 2.21 bits per heavy atom. The number of carbonyl (C=O) groups is 1. The van der Waals surface area contributed by atoms with Gasteiger partial charge < -0.3 is 10.6 Å². The van der Waals surface area contributed by atoms with Crippen LogP contribution in [0.3, 0.4) is 0 Å². The topological polar surface area (TPSA) is 41.1 Å². The van der Waals surface area contributed by atoms with E-state index in [1.807, 2.05) is 14.0 Å². The van der Waals surface area contributed by atoms with Crippen LogP contribution in [-0.2, 0) is 4.79 Å². The molecule has 0 heterocycles. The molecule has 0 saturated heterocycles. The number of halogens is 2. The molecule has 19 heavy (non-hydrogen) atoms. The highest BCUT2D eigenvalue weighted by molar-refractivity contribution is 5.82. The highest BCUT2D eigenvalue weighted by Crippen LogP contribution is 2.48. The van der Waals surface area contributed by atoms with Crippen molar-refractivity contribution in [3.8, 4) is 0 Å². The van der Waals surface area contributed by atoms with Gasteiger partial charge in [0, 0.05) is 18.5 Å². The fourth-order valence-electron chi connectivity index (χ4n) is 2.12. The second-order valence-corrected chi connectivity index (χ2v) is 5.03. The van der Waals surface area contributed by atoms with Gasteiger partial charge in [-0.15, -0.1) is 0 Å². The smallest absolute Gasteiger partial charge is 0.223 e. The van der Waals surface area contributed by atoms with Gasteiger partial charge in [0.15, 0.2) is 11.6 Å². The largest absolute Gasteiger partial charge is 0.354 e. The standard InChI is InChI=1S/C14H18F2N2O/c1-8(17-2)7-18-14(19)11-6-10(11)9-4-3-5-12(15)13(9)16/h3-5,8,10-11,17H,6-7H2,1-2H3,(H,18,19). The van der Waals surface area contributed by atoms with Crippen LogP contribution in [0.1, 0.15) is 24.8 Å². The van der Waals surface area contributed by atoms with Crippen molar-refractivity contribution in [2.24, 2.45) is 5.92 Å². The fourth-order valence-corrected chi connectivity index (χ4v) is 2.12. The minimum atomic E-state index is -0.854. The molecule has 104 valence electrons. The van der Waals surface area contributed by atoms with E-state index in [0.29, 0.717) is 18.5 Å². The Morgan fingerprint density at radius 1 is 1.47 bits per heavy atom. The third-order valence-electron chi connectivity index (χ3n) is 3.58. The molecule has 5 heteroatoms. The van der Waals surface area contributed by atoms with Crippen molar-refractivity contribution in [2.75, 3.05) is 13.6 Å². The van der Waals surface area contributed by atoms with Crippen LogP contribution < -0.4 is 10.6 Å². The Balaban J connectivity index is 1.93. The molecule has 0 bridgehead atoms. The number of benzene rings is 1. The quantitative estimate of drug-likeness (QED) is 0.855. The fraction of sp³-hybridized carbons (Fsp3) is 0.500. The number of nitrogens with one attached hydrogen (secondary N) is 2. The molecule has 1 saturated carbocycles. The minimum absolute atomic E-state index is 0.0873. The third kappa shape index (κ3) is 3.10. The van der Waals surface area contributed by atoms with Gasteiger partial charge in [0.25, 0.3) is 0 Å². The summed E-state index contributed by atoms with van der Waals surface area (Å²) in [6.45, 7) is 2.49. The second-order valence-electron chi connectivity index (χ2n) is 5.03. The predicted octanol–water partition coefficient (Wildman–Crippen LogP) is 1.79. The third-order valence-corrected chi connectivity index (χ3v) is 3.58. The van der Waals surface area contributed by atoms with Gasteiger partial charge in [0.05, 0.1) is 0 Å². The Labute approximate surface area is 111 Å². The van der Waals surface area contributed by atoms with Crippen molar-refractivity contribution in [1.82, 2.24) is 10.6 Å². The zero-order chi connectivity index (χ0) is 14.0. The Hall–Kier alpha value is -1.49. The lowest BCUT2D eigenvalue weighted by Gasteiger charge is -2.11. The van der Waals surface area contributed by atoms with Gasteiger partial charge in [-0.2, -0.15) is 0 Å². The highest BCUT2D eigenvalue weighted by Gasteiger charge is 2.45. The van der Waals surface area contributed by atoms with Crippen molar-refractivity contribution in [1.29, 1.82) is 0 Å². The Bertz CT molecular complexity index is 479. The average molecular weight is 268 g/mol. The van der Waals surface area contributed by atoms with E-state index < -0.39 is 11.6 Å². The predicted molar refractivity (Wildman–Crippen MR) is 68.7 cm³/mol. The van der Waals surface area contributed by atoms with E-state index in [1.54, 1.807) is 6.07 Å². The maximum absolute atomic E-state index is 13.6. The van der Waals surface area contributed by atoms with Gasteiger partial charge in [-0.05, 0) is 37.9 Å². The summed E-state index contributed by atoms with van der Waals surface area (Å²) in [4.78, 5) is 11.9. The summed E-state index contributed by atoms with van der Waals surface area (Å²) in [6, 6.07) is 4.30. The number of carbonyl (C=O) groups excluding carboxylic acids is 1. The summed E-state index contributed by atoms with van der Waals surface area (Å²) < 4.78 is 26.7. The lowest BCUT2D eigenvalue weighted by molar-refractivity contribution is -0.122. The molecular weight excluding hydrogens is 250 g/mol. The summed E-state index contributed by atoms with van der Waals surface area (Å²) in [5.41, 5.74) is 0.307. The lowest BCUT2D eigenvalue weighted by atomic mass is 10.1. The summed E-state index contributed by atoms with van der Waals surface area (Å²) in [6.07, 6.45) is 0.583.